The Bertz CT molecular complexity index is 1370. The van der Waals surface area contributed by atoms with Crippen molar-refractivity contribution in [2.45, 2.75) is 24.3 Å². The van der Waals surface area contributed by atoms with Crippen LogP contribution in [0, 0.1) is 25.5 Å². The summed E-state index contributed by atoms with van der Waals surface area (Å²) in [5.74, 6) is -0.713. The first-order chi connectivity index (χ1) is 17.7. The highest BCUT2D eigenvalue weighted by molar-refractivity contribution is 7.92. The van der Waals surface area contributed by atoms with E-state index in [0.717, 1.165) is 11.1 Å². The third kappa shape index (κ3) is 6.69. The van der Waals surface area contributed by atoms with Gasteiger partial charge in [-0.3, -0.25) is 0 Å². The molecule has 0 aromatic heterocycles. The van der Waals surface area contributed by atoms with E-state index in [9.17, 15) is 17.2 Å². The van der Waals surface area contributed by atoms with Crippen LogP contribution in [-0.2, 0) is 9.84 Å². The van der Waals surface area contributed by atoms with E-state index in [-0.39, 0.29) is 11.6 Å². The topological polar surface area (TPSA) is 34.1 Å². The molecule has 0 heterocycles. The lowest BCUT2D eigenvalue weighted by molar-refractivity contribution is 0.584. The summed E-state index contributed by atoms with van der Waals surface area (Å²) in [7, 11) is -3.87. The minimum Gasteiger partial charge on any atom is -0.227 e. The van der Waals surface area contributed by atoms with E-state index in [1.807, 2.05) is 62.4 Å². The summed E-state index contributed by atoms with van der Waals surface area (Å²) >= 11 is 0. The molecule has 0 aliphatic heterocycles. The molecule has 0 saturated heterocycles. The van der Waals surface area contributed by atoms with E-state index >= 15 is 0 Å². The molecule has 0 aliphatic rings. The molecule has 188 valence electrons. The van der Waals surface area contributed by atoms with Gasteiger partial charge in [0.25, 0.3) is 0 Å². The summed E-state index contributed by atoms with van der Waals surface area (Å²) in [5, 5.41) is -1.91. The highest BCUT2D eigenvalue weighted by atomic mass is 32.2. The van der Waals surface area contributed by atoms with Crippen LogP contribution in [0.1, 0.15) is 43.9 Å². The van der Waals surface area contributed by atoms with Crippen LogP contribution in [-0.4, -0.2) is 8.42 Å². The third-order valence-corrected chi connectivity index (χ3v) is 8.46. The van der Waals surface area contributed by atoms with E-state index in [0.29, 0.717) is 22.3 Å². The fourth-order valence-corrected chi connectivity index (χ4v) is 6.02. The van der Waals surface area contributed by atoms with Crippen molar-refractivity contribution in [1.82, 2.24) is 0 Å². The molecule has 0 N–H and O–H groups in total. The number of hydrogen-bond acceptors (Lipinski definition) is 2. The molecular weight excluding hydrogens is 486 g/mol. The molecule has 2 unspecified atom stereocenters. The van der Waals surface area contributed by atoms with Crippen molar-refractivity contribution >= 4 is 22.0 Å². The smallest absolute Gasteiger partial charge is 0.171 e. The Morgan fingerprint density at radius 1 is 0.541 bits per heavy atom. The van der Waals surface area contributed by atoms with Crippen LogP contribution < -0.4 is 0 Å². The fourth-order valence-electron chi connectivity index (χ4n) is 4.04. The molecular formula is C32H28F2O2S. The predicted molar refractivity (Wildman–Crippen MR) is 148 cm³/mol. The predicted octanol–water partition coefficient (Wildman–Crippen LogP) is 8.21. The summed E-state index contributed by atoms with van der Waals surface area (Å²) in [6.07, 6.45) is 6.72. The maximum atomic E-state index is 14.3. The summed E-state index contributed by atoms with van der Waals surface area (Å²) in [5.41, 5.74) is 4.71. The Morgan fingerprint density at radius 3 is 1.19 bits per heavy atom. The van der Waals surface area contributed by atoms with Crippen LogP contribution in [0.25, 0.3) is 12.2 Å². The largest absolute Gasteiger partial charge is 0.227 e. The van der Waals surface area contributed by atoms with Gasteiger partial charge in [0, 0.05) is 0 Å². The highest BCUT2D eigenvalue weighted by Gasteiger charge is 2.33. The van der Waals surface area contributed by atoms with Gasteiger partial charge in [0.1, 0.15) is 22.1 Å². The van der Waals surface area contributed by atoms with Gasteiger partial charge in [-0.05, 0) is 60.4 Å². The molecule has 4 aromatic rings. The lowest BCUT2D eigenvalue weighted by Gasteiger charge is -2.22. The normalized spacial score (nSPS) is 13.7. The molecule has 0 fully saturated rings. The van der Waals surface area contributed by atoms with Gasteiger partial charge < -0.3 is 0 Å². The van der Waals surface area contributed by atoms with E-state index in [1.165, 1.54) is 24.3 Å². The Balaban J connectivity index is 1.81. The molecule has 0 bridgehead atoms. The van der Waals surface area contributed by atoms with Gasteiger partial charge in [0.2, 0.25) is 0 Å². The van der Waals surface area contributed by atoms with Gasteiger partial charge >= 0.3 is 0 Å². The van der Waals surface area contributed by atoms with Crippen molar-refractivity contribution in [1.29, 1.82) is 0 Å². The molecule has 4 rings (SSSR count). The third-order valence-electron chi connectivity index (χ3n) is 6.19. The number of halogens is 2. The zero-order valence-corrected chi connectivity index (χ0v) is 21.5. The van der Waals surface area contributed by atoms with Crippen LogP contribution in [0.3, 0.4) is 0 Å². The molecule has 4 aromatic carbocycles. The summed E-state index contributed by atoms with van der Waals surface area (Å²) in [6.45, 7) is 3.89. The van der Waals surface area contributed by atoms with Crippen LogP contribution in [0.15, 0.2) is 109 Å². The fraction of sp³-hybridized carbons (Fsp3) is 0.125. The monoisotopic (exact) mass is 514 g/mol. The second-order valence-electron chi connectivity index (χ2n) is 9.07. The first-order valence-corrected chi connectivity index (χ1v) is 13.6. The van der Waals surface area contributed by atoms with Crippen molar-refractivity contribution in [3.8, 4) is 0 Å². The van der Waals surface area contributed by atoms with Crippen molar-refractivity contribution in [2.75, 3.05) is 0 Å². The lowest BCUT2D eigenvalue weighted by atomic mass is 10.1. The second-order valence-corrected chi connectivity index (χ2v) is 11.3. The van der Waals surface area contributed by atoms with Gasteiger partial charge in [-0.2, -0.15) is 0 Å². The summed E-state index contributed by atoms with van der Waals surface area (Å²) in [6, 6.07) is 26.6. The molecule has 0 saturated carbocycles. The van der Waals surface area contributed by atoms with E-state index in [2.05, 4.69) is 0 Å². The number of rotatable bonds is 8. The number of hydrogen-bond donors (Lipinski definition) is 0. The molecule has 37 heavy (non-hydrogen) atoms. The highest BCUT2D eigenvalue weighted by Crippen LogP contribution is 2.37. The second kappa shape index (κ2) is 11.5. The standard InChI is InChI=1S/C32H28F2O2S/c1-23-3-13-27(14-4-23)31(21-11-25-7-17-29(33)18-8-25)37(35,36)32(28-15-5-24(2)6-16-28)22-12-26-9-19-30(34)20-10-26/h3-22,31-32H,1-2H3/b21-11+,22-12+. The first-order valence-electron chi connectivity index (χ1n) is 12.0. The van der Waals surface area contributed by atoms with Crippen LogP contribution in [0.2, 0.25) is 0 Å². The average molecular weight is 515 g/mol. The summed E-state index contributed by atoms with van der Waals surface area (Å²) in [4.78, 5) is 0. The molecule has 0 spiro atoms. The van der Waals surface area contributed by atoms with Crippen molar-refractivity contribution in [3.63, 3.8) is 0 Å². The van der Waals surface area contributed by atoms with Crippen LogP contribution >= 0.6 is 0 Å². The number of sulfone groups is 1. The van der Waals surface area contributed by atoms with Gasteiger partial charge in [0.15, 0.2) is 9.84 Å². The zero-order valence-electron chi connectivity index (χ0n) is 20.7. The van der Waals surface area contributed by atoms with Gasteiger partial charge in [-0.1, -0.05) is 108 Å². The van der Waals surface area contributed by atoms with Crippen LogP contribution in [0.5, 0.6) is 0 Å². The summed E-state index contributed by atoms with van der Waals surface area (Å²) < 4.78 is 55.5. The Hall–Kier alpha value is -3.83. The quantitative estimate of drug-likeness (QED) is 0.237. The van der Waals surface area contributed by atoms with Crippen molar-refractivity contribution in [2.24, 2.45) is 0 Å². The van der Waals surface area contributed by atoms with Gasteiger partial charge in [-0.25, -0.2) is 17.2 Å². The SMILES string of the molecule is Cc1ccc(C(/C=C/c2ccc(F)cc2)S(=O)(=O)C(/C=C/c2ccc(F)cc2)c2ccc(C)cc2)cc1. The maximum absolute atomic E-state index is 14.3. The molecule has 0 amide bonds. The first kappa shape index (κ1) is 26.2. The molecule has 2 atom stereocenters. The minimum absolute atomic E-state index is 0.356. The zero-order chi connectivity index (χ0) is 26.4. The number of benzene rings is 4. The van der Waals surface area contributed by atoms with E-state index in [4.69, 9.17) is 0 Å². The van der Waals surface area contributed by atoms with Crippen molar-refractivity contribution < 1.29 is 17.2 Å². The maximum Gasteiger partial charge on any atom is 0.171 e. The van der Waals surface area contributed by atoms with E-state index in [1.54, 1.807) is 48.6 Å². The Labute approximate surface area is 217 Å². The molecule has 2 nitrogen and oxygen atoms in total. The molecule has 0 aliphatic carbocycles. The average Bonchev–Trinajstić information content (AvgIpc) is 2.88. The van der Waals surface area contributed by atoms with Crippen LogP contribution in [0.4, 0.5) is 8.78 Å². The minimum atomic E-state index is -3.87. The Morgan fingerprint density at radius 2 is 0.865 bits per heavy atom. The van der Waals surface area contributed by atoms with Crippen molar-refractivity contribution in [3.05, 3.63) is 154 Å². The van der Waals surface area contributed by atoms with Gasteiger partial charge in [-0.15, -0.1) is 0 Å². The number of aryl methyl sites for hydroxylation is 2. The van der Waals surface area contributed by atoms with E-state index < -0.39 is 20.3 Å². The van der Waals surface area contributed by atoms with Gasteiger partial charge in [0.05, 0.1) is 0 Å². The molecule has 5 heteroatoms. The Kier molecular flexibility index (Phi) is 8.14. The lowest BCUT2D eigenvalue weighted by Crippen LogP contribution is -2.19. The molecule has 0 radical (unpaired) electrons.